The number of hydrogen-bond donors (Lipinski definition) is 1. The van der Waals surface area contributed by atoms with Gasteiger partial charge in [0.1, 0.15) is 5.82 Å². The molecule has 1 saturated heterocycles. The predicted molar refractivity (Wildman–Crippen MR) is 140 cm³/mol. The summed E-state index contributed by atoms with van der Waals surface area (Å²) in [6.45, 7) is 5.58. The number of rotatable bonds is 8. The number of nitrogens with one attached hydrogen (secondary N) is 1. The topological polar surface area (TPSA) is 57.7 Å². The lowest BCUT2D eigenvalue weighted by Crippen LogP contribution is -2.47. The summed E-state index contributed by atoms with van der Waals surface area (Å²) in [6, 6.07) is 4.69. The van der Waals surface area contributed by atoms with Crippen LogP contribution in [0.2, 0.25) is 0 Å². The van der Waals surface area contributed by atoms with E-state index in [4.69, 9.17) is 9.72 Å². The largest absolute Gasteiger partial charge is 0.381 e. The third-order valence-corrected chi connectivity index (χ3v) is 9.31. The molecule has 0 radical (unpaired) electrons. The van der Waals surface area contributed by atoms with Gasteiger partial charge in [0.15, 0.2) is 0 Å². The van der Waals surface area contributed by atoms with E-state index < -0.39 is 0 Å². The Bertz CT molecular complexity index is 934. The van der Waals surface area contributed by atoms with Crippen LogP contribution in [0.5, 0.6) is 0 Å². The van der Waals surface area contributed by atoms with Crippen LogP contribution in [0, 0.1) is 11.8 Å². The number of piperazine rings is 1. The highest BCUT2D eigenvalue weighted by molar-refractivity contribution is 7.17. The molecule has 2 saturated carbocycles. The van der Waals surface area contributed by atoms with E-state index in [9.17, 15) is 4.79 Å². The zero-order valence-corrected chi connectivity index (χ0v) is 21.4. The normalized spacial score (nSPS) is 28.4. The Labute approximate surface area is 208 Å². The number of nitrogens with zero attached hydrogens (tertiary/aromatic N) is 3. The number of aromatic nitrogens is 1. The molecule has 186 valence electrons. The standard InChI is InChI=1S/C27H40N4O2S/c1-33-24-7-4-21(18-24)19-25(32)29-23-5-2-20(3-6-23)9-12-30-13-15-31(16-14-30)27-26-22(8-11-28-27)10-17-34-26/h8,10-11,17,20-21,23-24H,2-7,9,12-16,18-19H2,1H3,(H,29,32). The molecule has 6 nitrogen and oxygen atoms in total. The first-order chi connectivity index (χ1) is 16.7. The highest BCUT2D eigenvalue weighted by Crippen LogP contribution is 2.32. The number of methoxy groups -OCH3 is 1. The zero-order valence-electron chi connectivity index (χ0n) is 20.6. The molecular formula is C27H40N4O2S. The van der Waals surface area contributed by atoms with Crippen LogP contribution < -0.4 is 10.2 Å². The molecule has 3 aliphatic rings. The number of hydrogen-bond acceptors (Lipinski definition) is 6. The van der Waals surface area contributed by atoms with Gasteiger partial charge in [0, 0.05) is 51.9 Å². The maximum absolute atomic E-state index is 12.5. The molecule has 3 heterocycles. The average Bonchev–Trinajstić information content (AvgIpc) is 3.53. The molecule has 0 aromatic carbocycles. The SMILES string of the molecule is COC1CCC(CC(=O)NC2CCC(CCN3CCN(c4nccc5ccsc45)CC3)CC2)C1. The molecule has 1 amide bonds. The van der Waals surface area contributed by atoms with Crippen molar-refractivity contribution in [3.63, 3.8) is 0 Å². The maximum atomic E-state index is 12.5. The van der Waals surface area contributed by atoms with Crippen LogP contribution in [0.1, 0.15) is 57.8 Å². The minimum absolute atomic E-state index is 0.260. The minimum atomic E-state index is 0.260. The monoisotopic (exact) mass is 484 g/mol. The molecule has 1 aliphatic heterocycles. The van der Waals surface area contributed by atoms with Gasteiger partial charge in [0.25, 0.3) is 0 Å². The van der Waals surface area contributed by atoms with Crippen LogP contribution in [-0.4, -0.2) is 67.8 Å². The Kier molecular flexibility index (Phi) is 8.02. The maximum Gasteiger partial charge on any atom is 0.220 e. The first-order valence-electron chi connectivity index (χ1n) is 13.3. The number of carbonyl (C=O) groups is 1. The van der Waals surface area contributed by atoms with E-state index in [1.54, 1.807) is 18.4 Å². The number of pyridine rings is 1. The summed E-state index contributed by atoms with van der Waals surface area (Å²) >= 11 is 1.80. The fourth-order valence-corrected chi connectivity index (χ4v) is 7.14. The van der Waals surface area contributed by atoms with E-state index in [0.717, 1.165) is 64.2 Å². The lowest BCUT2D eigenvalue weighted by molar-refractivity contribution is -0.123. The van der Waals surface area contributed by atoms with Gasteiger partial charge < -0.3 is 15.0 Å². The number of fused-ring (bicyclic) bond motifs is 1. The zero-order chi connectivity index (χ0) is 23.3. The smallest absolute Gasteiger partial charge is 0.220 e. The van der Waals surface area contributed by atoms with Crippen molar-refractivity contribution in [3.8, 4) is 0 Å². The predicted octanol–water partition coefficient (Wildman–Crippen LogP) is 4.69. The van der Waals surface area contributed by atoms with Crippen LogP contribution in [0.15, 0.2) is 23.7 Å². The summed E-state index contributed by atoms with van der Waals surface area (Å²) in [5.74, 6) is 2.75. The van der Waals surface area contributed by atoms with Crippen molar-refractivity contribution in [2.45, 2.75) is 69.9 Å². The van der Waals surface area contributed by atoms with E-state index in [1.807, 2.05) is 6.20 Å². The van der Waals surface area contributed by atoms with Crippen LogP contribution in [0.4, 0.5) is 5.82 Å². The van der Waals surface area contributed by atoms with Crippen LogP contribution in [0.25, 0.3) is 10.1 Å². The highest BCUT2D eigenvalue weighted by atomic mass is 32.1. The van der Waals surface area contributed by atoms with Crippen molar-refractivity contribution in [2.24, 2.45) is 11.8 Å². The van der Waals surface area contributed by atoms with Crippen LogP contribution in [-0.2, 0) is 9.53 Å². The number of thiophene rings is 1. The van der Waals surface area contributed by atoms with E-state index in [-0.39, 0.29) is 5.91 Å². The Balaban J connectivity index is 0.981. The number of anilines is 1. The molecule has 5 rings (SSSR count). The van der Waals surface area contributed by atoms with Gasteiger partial charge in [-0.05, 0) is 92.6 Å². The molecule has 0 bridgehead atoms. The van der Waals surface area contributed by atoms with E-state index >= 15 is 0 Å². The Hall–Kier alpha value is -1.70. The van der Waals surface area contributed by atoms with Gasteiger partial charge in [0.2, 0.25) is 5.91 Å². The minimum Gasteiger partial charge on any atom is -0.381 e. The van der Waals surface area contributed by atoms with E-state index in [1.165, 1.54) is 41.7 Å². The second-order valence-electron chi connectivity index (χ2n) is 10.6. The first-order valence-corrected chi connectivity index (χ1v) is 14.2. The van der Waals surface area contributed by atoms with Crippen molar-refractivity contribution in [2.75, 3.05) is 44.7 Å². The molecule has 0 spiro atoms. The van der Waals surface area contributed by atoms with Crippen molar-refractivity contribution >= 4 is 33.1 Å². The molecule has 2 atom stereocenters. The van der Waals surface area contributed by atoms with Gasteiger partial charge in [0.05, 0.1) is 10.8 Å². The second-order valence-corrected chi connectivity index (χ2v) is 11.5. The molecule has 2 aliphatic carbocycles. The summed E-state index contributed by atoms with van der Waals surface area (Å²) in [5, 5.41) is 6.81. The Morgan fingerprint density at radius 1 is 1.09 bits per heavy atom. The Morgan fingerprint density at radius 2 is 1.88 bits per heavy atom. The third kappa shape index (κ3) is 5.92. The molecule has 2 aromatic rings. The van der Waals surface area contributed by atoms with E-state index in [2.05, 4.69) is 32.6 Å². The Morgan fingerprint density at radius 3 is 2.65 bits per heavy atom. The van der Waals surface area contributed by atoms with Crippen molar-refractivity contribution in [3.05, 3.63) is 23.7 Å². The lowest BCUT2D eigenvalue weighted by Gasteiger charge is -2.37. The number of carbonyl (C=O) groups excluding carboxylic acids is 1. The summed E-state index contributed by atoms with van der Waals surface area (Å²) in [4.78, 5) is 22.3. The summed E-state index contributed by atoms with van der Waals surface area (Å²) in [7, 11) is 1.79. The first kappa shape index (κ1) is 24.0. The van der Waals surface area contributed by atoms with Crippen LogP contribution in [0.3, 0.4) is 0 Å². The summed E-state index contributed by atoms with van der Waals surface area (Å²) in [5.41, 5.74) is 0. The second kappa shape index (κ2) is 11.4. The van der Waals surface area contributed by atoms with Gasteiger partial charge in [-0.25, -0.2) is 4.98 Å². The van der Waals surface area contributed by atoms with Gasteiger partial charge in [-0.15, -0.1) is 11.3 Å². The molecule has 2 aromatic heterocycles. The van der Waals surface area contributed by atoms with Crippen molar-refractivity contribution in [1.29, 1.82) is 0 Å². The third-order valence-electron chi connectivity index (χ3n) is 8.39. The molecule has 3 fully saturated rings. The van der Waals surface area contributed by atoms with Gasteiger partial charge in [-0.1, -0.05) is 0 Å². The van der Waals surface area contributed by atoms with Gasteiger partial charge >= 0.3 is 0 Å². The summed E-state index contributed by atoms with van der Waals surface area (Å²) < 4.78 is 6.77. The lowest BCUT2D eigenvalue weighted by atomic mass is 9.84. The van der Waals surface area contributed by atoms with E-state index in [0.29, 0.717) is 24.5 Å². The fourth-order valence-electron chi connectivity index (χ4n) is 6.23. The highest BCUT2D eigenvalue weighted by Gasteiger charge is 2.28. The summed E-state index contributed by atoms with van der Waals surface area (Å²) in [6.07, 6.45) is 12.4. The number of ether oxygens (including phenoxy) is 1. The van der Waals surface area contributed by atoms with Crippen molar-refractivity contribution in [1.82, 2.24) is 15.2 Å². The molecule has 1 N–H and O–H groups in total. The van der Waals surface area contributed by atoms with Crippen molar-refractivity contribution < 1.29 is 9.53 Å². The fraction of sp³-hybridized carbons (Fsp3) is 0.704. The molecule has 2 unspecified atom stereocenters. The molecular weight excluding hydrogens is 444 g/mol. The average molecular weight is 485 g/mol. The molecule has 7 heteroatoms. The van der Waals surface area contributed by atoms with Gasteiger partial charge in [-0.3, -0.25) is 9.69 Å². The molecule has 34 heavy (non-hydrogen) atoms. The quantitative estimate of drug-likeness (QED) is 0.589. The number of amides is 1. The van der Waals surface area contributed by atoms with Crippen LogP contribution >= 0.6 is 11.3 Å². The van der Waals surface area contributed by atoms with Gasteiger partial charge in [-0.2, -0.15) is 0 Å².